The summed E-state index contributed by atoms with van der Waals surface area (Å²) >= 11 is 0. The number of nitrogens with one attached hydrogen (secondary N) is 1. The monoisotopic (exact) mass is 222 g/mol. The highest BCUT2D eigenvalue weighted by molar-refractivity contribution is 5.95. The molecule has 0 aliphatic rings. The summed E-state index contributed by atoms with van der Waals surface area (Å²) in [4.78, 5) is 11.0. The van der Waals surface area contributed by atoms with E-state index < -0.39 is 5.97 Å². The lowest BCUT2D eigenvalue weighted by molar-refractivity contribution is 0.0698. The maximum absolute atomic E-state index is 11.0. The minimum absolute atomic E-state index is 0.225. The third-order valence-electron chi connectivity index (χ3n) is 2.40. The third kappa shape index (κ3) is 3.15. The molecule has 0 aliphatic heterocycles. The van der Waals surface area contributed by atoms with Crippen molar-refractivity contribution in [2.45, 2.75) is 32.7 Å². The Labute approximate surface area is 95.5 Å². The zero-order chi connectivity index (χ0) is 12.1. The summed E-state index contributed by atoms with van der Waals surface area (Å²) < 4.78 is 0. The van der Waals surface area contributed by atoms with Gasteiger partial charge in [0.15, 0.2) is 0 Å². The highest BCUT2D eigenvalue weighted by Gasteiger charge is 2.11. The number of carbonyl (C=O) groups is 1. The predicted octanol–water partition coefficient (Wildman–Crippen LogP) is 2.57. The van der Waals surface area contributed by atoms with Crippen LogP contribution in [0.25, 0.3) is 0 Å². The van der Waals surface area contributed by atoms with Crippen LogP contribution < -0.4 is 11.1 Å². The first-order valence-electron chi connectivity index (χ1n) is 5.44. The minimum atomic E-state index is -0.960. The molecule has 0 radical (unpaired) electrons. The van der Waals surface area contributed by atoms with Crippen LogP contribution in [0.15, 0.2) is 18.2 Å². The molecule has 1 atom stereocenters. The fourth-order valence-corrected chi connectivity index (χ4v) is 1.64. The van der Waals surface area contributed by atoms with E-state index in [1.165, 1.54) is 6.07 Å². The first-order chi connectivity index (χ1) is 7.54. The van der Waals surface area contributed by atoms with Gasteiger partial charge < -0.3 is 16.2 Å². The number of rotatable bonds is 5. The zero-order valence-electron chi connectivity index (χ0n) is 9.66. The fraction of sp³-hybridized carbons (Fsp3) is 0.417. The molecule has 0 unspecified atom stereocenters. The van der Waals surface area contributed by atoms with Crippen molar-refractivity contribution in [1.82, 2.24) is 0 Å². The van der Waals surface area contributed by atoms with Gasteiger partial charge in [-0.15, -0.1) is 0 Å². The summed E-state index contributed by atoms with van der Waals surface area (Å²) in [5, 5.41) is 12.2. The molecule has 4 N–H and O–H groups in total. The van der Waals surface area contributed by atoms with Gasteiger partial charge in [0.1, 0.15) is 0 Å². The summed E-state index contributed by atoms with van der Waals surface area (Å²) in [6, 6.07) is 5.15. The number of carboxylic acid groups (broad SMARTS) is 1. The molecule has 0 heterocycles. The van der Waals surface area contributed by atoms with Gasteiger partial charge in [0.25, 0.3) is 0 Å². The van der Waals surface area contributed by atoms with Gasteiger partial charge in [-0.2, -0.15) is 0 Å². The number of carboxylic acids is 1. The van der Waals surface area contributed by atoms with Crippen molar-refractivity contribution in [3.63, 3.8) is 0 Å². The van der Waals surface area contributed by atoms with Crippen LogP contribution in [-0.2, 0) is 0 Å². The summed E-state index contributed by atoms with van der Waals surface area (Å²) in [7, 11) is 0. The van der Waals surface area contributed by atoms with Crippen molar-refractivity contribution in [2.75, 3.05) is 11.1 Å². The van der Waals surface area contributed by atoms with Gasteiger partial charge in [0.2, 0.25) is 0 Å². The average Bonchev–Trinajstić information content (AvgIpc) is 2.20. The maximum atomic E-state index is 11.0. The first-order valence-corrected chi connectivity index (χ1v) is 5.44. The van der Waals surface area contributed by atoms with E-state index in [1.54, 1.807) is 12.1 Å². The summed E-state index contributed by atoms with van der Waals surface area (Å²) in [5.41, 5.74) is 6.88. The van der Waals surface area contributed by atoms with Crippen LogP contribution in [0.2, 0.25) is 0 Å². The Hall–Kier alpha value is -1.71. The number of nitrogens with two attached hydrogens (primary N) is 1. The van der Waals surface area contributed by atoms with E-state index in [9.17, 15) is 4.79 Å². The summed E-state index contributed by atoms with van der Waals surface area (Å²) in [5.74, 6) is -0.960. The Bertz CT molecular complexity index is 377. The van der Waals surface area contributed by atoms with E-state index in [0.29, 0.717) is 11.4 Å². The Kier molecular flexibility index (Phi) is 4.17. The van der Waals surface area contributed by atoms with Gasteiger partial charge in [-0.1, -0.05) is 13.3 Å². The van der Waals surface area contributed by atoms with Crippen molar-refractivity contribution >= 4 is 17.3 Å². The second kappa shape index (κ2) is 5.39. The highest BCUT2D eigenvalue weighted by Crippen LogP contribution is 2.20. The molecule has 0 spiro atoms. The molecule has 88 valence electrons. The lowest BCUT2D eigenvalue weighted by atomic mass is 10.1. The van der Waals surface area contributed by atoms with Gasteiger partial charge in [-0.25, -0.2) is 4.79 Å². The van der Waals surface area contributed by atoms with E-state index in [0.717, 1.165) is 12.8 Å². The van der Waals surface area contributed by atoms with E-state index in [2.05, 4.69) is 12.2 Å². The molecule has 16 heavy (non-hydrogen) atoms. The van der Waals surface area contributed by atoms with E-state index in [4.69, 9.17) is 10.8 Å². The quantitative estimate of drug-likeness (QED) is 0.669. The van der Waals surface area contributed by atoms with Gasteiger partial charge in [-0.3, -0.25) is 0 Å². The molecule has 0 bridgehead atoms. The molecule has 1 aromatic carbocycles. The SMILES string of the molecule is CCC[C@H](C)Nc1ccc(N)cc1C(=O)O. The molecular formula is C12H18N2O2. The number of aromatic carboxylic acids is 1. The number of hydrogen-bond acceptors (Lipinski definition) is 3. The Balaban J connectivity index is 2.90. The molecule has 1 aromatic rings. The highest BCUT2D eigenvalue weighted by atomic mass is 16.4. The second-order valence-corrected chi connectivity index (χ2v) is 3.94. The molecule has 1 rings (SSSR count). The Morgan fingerprint density at radius 1 is 1.56 bits per heavy atom. The minimum Gasteiger partial charge on any atom is -0.478 e. The Morgan fingerprint density at radius 3 is 2.81 bits per heavy atom. The molecular weight excluding hydrogens is 204 g/mol. The third-order valence-corrected chi connectivity index (χ3v) is 2.40. The van der Waals surface area contributed by atoms with Crippen LogP contribution in [0.3, 0.4) is 0 Å². The Morgan fingerprint density at radius 2 is 2.25 bits per heavy atom. The molecule has 0 amide bonds. The summed E-state index contributed by atoms with van der Waals surface area (Å²) in [6.45, 7) is 4.13. The average molecular weight is 222 g/mol. The predicted molar refractivity (Wildman–Crippen MR) is 65.8 cm³/mol. The van der Waals surface area contributed by atoms with Gasteiger partial charge in [0, 0.05) is 17.4 Å². The van der Waals surface area contributed by atoms with E-state index in [-0.39, 0.29) is 11.6 Å². The molecule has 4 heteroatoms. The van der Waals surface area contributed by atoms with Crippen molar-refractivity contribution in [3.8, 4) is 0 Å². The number of benzene rings is 1. The van der Waals surface area contributed by atoms with Crippen molar-refractivity contribution in [3.05, 3.63) is 23.8 Å². The molecule has 0 saturated carbocycles. The number of hydrogen-bond donors (Lipinski definition) is 3. The van der Waals surface area contributed by atoms with Crippen molar-refractivity contribution in [2.24, 2.45) is 0 Å². The standard InChI is InChI=1S/C12H18N2O2/c1-3-4-8(2)14-11-6-5-9(13)7-10(11)12(15)16/h5-8,14H,3-4,13H2,1-2H3,(H,15,16)/t8-/m0/s1. The van der Waals surface area contributed by atoms with Crippen LogP contribution in [0, 0.1) is 0 Å². The first kappa shape index (κ1) is 12.4. The molecule has 4 nitrogen and oxygen atoms in total. The normalized spacial score (nSPS) is 12.1. The lowest BCUT2D eigenvalue weighted by Gasteiger charge is -2.16. The molecule has 0 saturated heterocycles. The van der Waals surface area contributed by atoms with Crippen molar-refractivity contribution in [1.29, 1.82) is 0 Å². The second-order valence-electron chi connectivity index (χ2n) is 3.94. The smallest absolute Gasteiger partial charge is 0.337 e. The van der Waals surface area contributed by atoms with Crippen LogP contribution in [0.5, 0.6) is 0 Å². The zero-order valence-corrected chi connectivity index (χ0v) is 9.66. The fourth-order valence-electron chi connectivity index (χ4n) is 1.64. The molecule has 0 aromatic heterocycles. The van der Waals surface area contributed by atoms with Gasteiger partial charge >= 0.3 is 5.97 Å². The van der Waals surface area contributed by atoms with Crippen molar-refractivity contribution < 1.29 is 9.90 Å². The van der Waals surface area contributed by atoms with Crippen LogP contribution in [0.1, 0.15) is 37.0 Å². The van der Waals surface area contributed by atoms with E-state index in [1.807, 2.05) is 6.92 Å². The topological polar surface area (TPSA) is 75.3 Å². The lowest BCUT2D eigenvalue weighted by Crippen LogP contribution is -2.17. The van der Waals surface area contributed by atoms with Gasteiger partial charge in [0.05, 0.1) is 5.56 Å². The van der Waals surface area contributed by atoms with Crippen LogP contribution >= 0.6 is 0 Å². The maximum Gasteiger partial charge on any atom is 0.337 e. The van der Waals surface area contributed by atoms with Crippen LogP contribution in [-0.4, -0.2) is 17.1 Å². The molecule has 0 fully saturated rings. The van der Waals surface area contributed by atoms with Crippen LogP contribution in [0.4, 0.5) is 11.4 Å². The number of nitrogen functional groups attached to an aromatic ring is 1. The molecule has 0 aliphatic carbocycles. The van der Waals surface area contributed by atoms with Gasteiger partial charge in [-0.05, 0) is 31.5 Å². The summed E-state index contributed by atoms with van der Waals surface area (Å²) in [6.07, 6.45) is 2.06. The largest absolute Gasteiger partial charge is 0.478 e. The van der Waals surface area contributed by atoms with E-state index >= 15 is 0 Å². The number of anilines is 2.